The van der Waals surface area contributed by atoms with Gasteiger partial charge in [-0.2, -0.15) is 18.3 Å². The molecule has 2 aromatic carbocycles. The van der Waals surface area contributed by atoms with Crippen LogP contribution in [0.3, 0.4) is 0 Å². The fourth-order valence-electron chi connectivity index (χ4n) is 4.25. The fraction of sp³-hybridized carbons (Fsp3) is 0.222. The summed E-state index contributed by atoms with van der Waals surface area (Å²) in [6.45, 7) is 0. The summed E-state index contributed by atoms with van der Waals surface area (Å²) in [6.07, 6.45) is -2.35. The molecule has 2 heterocycles. The van der Waals surface area contributed by atoms with E-state index in [9.17, 15) is 36.4 Å². The van der Waals surface area contributed by atoms with Gasteiger partial charge in [-0.3, -0.25) is 0 Å². The van der Waals surface area contributed by atoms with E-state index in [1.807, 2.05) is 5.92 Å². The summed E-state index contributed by atoms with van der Waals surface area (Å²) in [4.78, 5) is 15.5. The lowest BCUT2D eigenvalue weighted by atomic mass is 9.96. The van der Waals surface area contributed by atoms with Gasteiger partial charge in [0.05, 0.1) is 28.3 Å². The molecule has 1 aliphatic rings. The minimum atomic E-state index is -4.83. The number of carboxylic acid groups (broad SMARTS) is 1. The molecule has 41 heavy (non-hydrogen) atoms. The Balaban J connectivity index is 1.69. The molecule has 5 rings (SSSR count). The van der Waals surface area contributed by atoms with Crippen molar-refractivity contribution in [2.24, 2.45) is 11.1 Å². The van der Waals surface area contributed by atoms with Crippen molar-refractivity contribution in [1.29, 1.82) is 0 Å². The van der Waals surface area contributed by atoms with E-state index in [1.54, 1.807) is 6.07 Å². The Morgan fingerprint density at radius 1 is 1.20 bits per heavy atom. The number of benzene rings is 2. The van der Waals surface area contributed by atoms with Crippen molar-refractivity contribution >= 4 is 28.7 Å². The molecule has 1 unspecified atom stereocenters. The molecule has 3 N–H and O–H groups in total. The van der Waals surface area contributed by atoms with Crippen molar-refractivity contribution in [2.45, 2.75) is 36.8 Å². The van der Waals surface area contributed by atoms with Crippen LogP contribution in [0.4, 0.5) is 22.0 Å². The van der Waals surface area contributed by atoms with Gasteiger partial charge in [-0.25, -0.2) is 23.2 Å². The number of thiazole rings is 1. The van der Waals surface area contributed by atoms with E-state index >= 15 is 0 Å². The number of aromatic carboxylic acids is 1. The molecule has 2 aromatic heterocycles. The number of halogens is 5. The molecule has 7 nitrogen and oxygen atoms in total. The Labute approximate surface area is 237 Å². The molecule has 0 aliphatic heterocycles. The molecule has 0 spiro atoms. The summed E-state index contributed by atoms with van der Waals surface area (Å²) >= 11 is -1.01. The molecule has 0 saturated heterocycles. The van der Waals surface area contributed by atoms with E-state index in [0.29, 0.717) is 29.2 Å². The van der Waals surface area contributed by atoms with Gasteiger partial charge in [0.15, 0.2) is 11.5 Å². The number of hydrogen-bond donors (Lipinski definition) is 2. The zero-order valence-electron chi connectivity index (χ0n) is 20.8. The first-order valence-electron chi connectivity index (χ1n) is 12.0. The first kappa shape index (κ1) is 28.7. The monoisotopic (exact) mass is 606 g/mol. The lowest BCUT2D eigenvalue weighted by molar-refractivity contribution is -0.0696. The van der Waals surface area contributed by atoms with Crippen LogP contribution >= 0.6 is 11.3 Å². The molecular formula is C27H19F5N4O3S2. The minimum absolute atomic E-state index is 0.0872. The van der Waals surface area contributed by atoms with Crippen molar-refractivity contribution in [3.05, 3.63) is 81.5 Å². The van der Waals surface area contributed by atoms with Crippen molar-refractivity contribution in [3.63, 3.8) is 0 Å². The normalized spacial score (nSPS) is 14.0. The highest BCUT2D eigenvalue weighted by Gasteiger charge is 2.30. The molecule has 0 radical (unpaired) electrons. The standard InChI is InChI=1S/C27H19F5N4O3S2/c28-19-5-4-17(12-16(19)7-8-27(30,31)32)24-18(9-15-3-6-23(41(33)39)20(29)10-15)22(11-14-1-2-14)36(35-24)26-34-21(13-40-26)25(37)38/h3-6,10,12-14H,1-2,9,11,33H2,(H,37,38). The van der Waals surface area contributed by atoms with Crippen LogP contribution < -0.4 is 5.14 Å². The van der Waals surface area contributed by atoms with E-state index in [1.165, 1.54) is 28.3 Å². The van der Waals surface area contributed by atoms with Crippen molar-refractivity contribution in [2.75, 3.05) is 0 Å². The van der Waals surface area contributed by atoms with Crippen LogP contribution in [-0.2, 0) is 24.2 Å². The molecule has 212 valence electrons. The summed E-state index contributed by atoms with van der Waals surface area (Å²) in [5.41, 5.74) is 1.49. The van der Waals surface area contributed by atoms with Crippen LogP contribution in [0.2, 0.25) is 0 Å². The van der Waals surface area contributed by atoms with Gasteiger partial charge in [0.2, 0.25) is 10.0 Å². The first-order chi connectivity index (χ1) is 19.4. The molecule has 1 fully saturated rings. The van der Waals surface area contributed by atoms with Crippen LogP contribution in [0, 0.1) is 29.4 Å². The van der Waals surface area contributed by atoms with Gasteiger partial charge in [0.25, 0.3) is 0 Å². The number of nitrogens with zero attached hydrogens (tertiary/aromatic N) is 3. The second-order valence-electron chi connectivity index (χ2n) is 9.33. The molecule has 1 atom stereocenters. The fourth-order valence-corrected chi connectivity index (χ4v) is 5.48. The third kappa shape index (κ3) is 6.59. The maximum Gasteiger partial charge on any atom is 0.458 e. The second kappa shape index (κ2) is 11.2. The van der Waals surface area contributed by atoms with Crippen molar-refractivity contribution in [3.8, 4) is 28.2 Å². The number of carboxylic acids is 1. The van der Waals surface area contributed by atoms with Gasteiger partial charge in [-0.15, -0.1) is 16.5 Å². The summed E-state index contributed by atoms with van der Waals surface area (Å²) in [7, 11) is 0. The van der Waals surface area contributed by atoms with Crippen LogP contribution in [0.1, 0.15) is 45.7 Å². The smallest absolute Gasteiger partial charge is 0.458 e. The largest absolute Gasteiger partial charge is 0.593 e. The first-order valence-corrected chi connectivity index (χ1v) is 14.1. The summed E-state index contributed by atoms with van der Waals surface area (Å²) in [6, 6.07) is 7.50. The van der Waals surface area contributed by atoms with Gasteiger partial charge in [-0.05, 0) is 61.1 Å². The third-order valence-corrected chi connectivity index (χ3v) is 7.91. The lowest BCUT2D eigenvalue weighted by Gasteiger charge is -2.10. The number of rotatable bonds is 8. The predicted octanol–water partition coefficient (Wildman–Crippen LogP) is 5.41. The van der Waals surface area contributed by atoms with E-state index in [2.05, 4.69) is 10.1 Å². The van der Waals surface area contributed by atoms with Crippen LogP contribution in [0.25, 0.3) is 16.4 Å². The van der Waals surface area contributed by atoms with E-state index < -0.39 is 40.7 Å². The van der Waals surface area contributed by atoms with Gasteiger partial charge in [-0.1, -0.05) is 12.0 Å². The Kier molecular flexibility index (Phi) is 7.89. The molecule has 14 heteroatoms. The zero-order valence-corrected chi connectivity index (χ0v) is 22.5. The van der Waals surface area contributed by atoms with Gasteiger partial charge in [0, 0.05) is 28.8 Å². The number of nitrogens with two attached hydrogens (primary N) is 1. The van der Waals surface area contributed by atoms with Crippen LogP contribution in [0.15, 0.2) is 46.7 Å². The Bertz CT molecular complexity index is 1700. The number of carbonyl (C=O) groups is 1. The highest BCUT2D eigenvalue weighted by atomic mass is 32.2. The Hall–Kier alpha value is -3.77. The number of hydrogen-bond acceptors (Lipinski definition) is 6. The summed E-state index contributed by atoms with van der Waals surface area (Å²) in [5.74, 6) is 0.218. The van der Waals surface area contributed by atoms with Crippen molar-refractivity contribution < 1.29 is 36.4 Å². The minimum Gasteiger partial charge on any atom is -0.593 e. The SMILES string of the molecule is N[S+]([O-])c1ccc(Cc2c(-c3ccc(F)c(C#CC(F)(F)F)c3)nn(-c3nc(C(=O)O)cs3)c2CC2CC2)cc1F. The molecule has 0 bridgehead atoms. The average molecular weight is 607 g/mol. The third-order valence-electron chi connectivity index (χ3n) is 6.33. The summed E-state index contributed by atoms with van der Waals surface area (Å²) in [5, 5.41) is 21.0. The molecular weight excluding hydrogens is 587 g/mol. The van der Waals surface area contributed by atoms with Gasteiger partial charge in [0.1, 0.15) is 5.82 Å². The predicted molar refractivity (Wildman–Crippen MR) is 141 cm³/mol. The van der Waals surface area contributed by atoms with E-state index in [0.717, 1.165) is 42.2 Å². The highest BCUT2D eigenvalue weighted by Crippen LogP contribution is 2.38. The van der Waals surface area contributed by atoms with Crippen molar-refractivity contribution in [1.82, 2.24) is 14.8 Å². The van der Waals surface area contributed by atoms with E-state index in [-0.39, 0.29) is 33.4 Å². The van der Waals surface area contributed by atoms with Gasteiger partial charge < -0.3 is 9.66 Å². The Morgan fingerprint density at radius 3 is 2.56 bits per heavy atom. The van der Waals surface area contributed by atoms with Gasteiger partial charge >= 0.3 is 12.1 Å². The quantitative estimate of drug-likeness (QED) is 0.157. The Morgan fingerprint density at radius 2 is 1.95 bits per heavy atom. The van der Waals surface area contributed by atoms with Crippen LogP contribution in [-0.4, -0.2) is 36.6 Å². The molecule has 4 aromatic rings. The average Bonchev–Trinajstić information content (AvgIpc) is 3.45. The topological polar surface area (TPSA) is 117 Å². The number of aromatic nitrogens is 3. The molecule has 0 amide bonds. The molecule has 1 aliphatic carbocycles. The second-order valence-corrected chi connectivity index (χ2v) is 11.2. The number of alkyl halides is 3. The zero-order chi connectivity index (χ0) is 29.5. The highest BCUT2D eigenvalue weighted by molar-refractivity contribution is 7.89. The van der Waals surface area contributed by atoms with Crippen LogP contribution in [0.5, 0.6) is 0 Å². The maximum absolute atomic E-state index is 14.7. The molecule has 1 saturated carbocycles. The maximum atomic E-state index is 14.7. The lowest BCUT2D eigenvalue weighted by Crippen LogP contribution is -2.14. The van der Waals surface area contributed by atoms with E-state index in [4.69, 9.17) is 5.14 Å². The summed E-state index contributed by atoms with van der Waals surface area (Å²) < 4.78 is 80.4.